The van der Waals surface area contributed by atoms with E-state index in [0.29, 0.717) is 17.8 Å². The Morgan fingerprint density at radius 1 is 1.10 bits per heavy atom. The number of nitrogens with zero attached hydrogens (tertiary/aromatic N) is 3. The maximum atomic E-state index is 9.05. The van der Waals surface area contributed by atoms with Crippen molar-refractivity contribution in [3.05, 3.63) is 93.5 Å². The molecule has 2 aliphatic rings. The van der Waals surface area contributed by atoms with E-state index < -0.39 is 0 Å². The van der Waals surface area contributed by atoms with Crippen LogP contribution in [0.15, 0.2) is 80.6 Å². The minimum absolute atomic E-state index is 0.275. The van der Waals surface area contributed by atoms with Crippen LogP contribution < -0.4 is 15.2 Å². The molecule has 2 aliphatic heterocycles. The van der Waals surface area contributed by atoms with Crippen LogP contribution in [0, 0.1) is 18.3 Å². The molecular weight excluding hydrogens is 633 g/mol. The predicted octanol–water partition coefficient (Wildman–Crippen LogP) is 9.93. The first-order valence-electron chi connectivity index (χ1n) is 17.1. The van der Waals surface area contributed by atoms with E-state index in [1.807, 2.05) is 75.0 Å². The summed E-state index contributed by atoms with van der Waals surface area (Å²) in [5, 5.41) is 13.2. The van der Waals surface area contributed by atoms with E-state index in [2.05, 4.69) is 50.0 Å². The second kappa shape index (κ2) is 18.5. The van der Waals surface area contributed by atoms with Crippen LogP contribution in [0.5, 0.6) is 11.5 Å². The van der Waals surface area contributed by atoms with Gasteiger partial charge in [-0.25, -0.2) is 0 Å². The third-order valence-electron chi connectivity index (χ3n) is 8.66. The number of aryl methyl sites for hydroxylation is 1. The lowest BCUT2D eigenvalue weighted by Gasteiger charge is -2.18. The third-order valence-corrected chi connectivity index (χ3v) is 9.77. The van der Waals surface area contributed by atoms with Gasteiger partial charge in [-0.2, -0.15) is 17.0 Å². The van der Waals surface area contributed by atoms with Crippen molar-refractivity contribution in [1.82, 2.24) is 5.16 Å². The minimum Gasteiger partial charge on any atom is -0.454 e. The Morgan fingerprint density at radius 3 is 2.51 bits per heavy atom. The van der Waals surface area contributed by atoms with Crippen molar-refractivity contribution in [1.29, 1.82) is 5.26 Å². The Labute approximate surface area is 296 Å². The number of thioether (sulfide) groups is 1. The third kappa shape index (κ3) is 9.90. The number of aliphatic imine (C=N–C) groups is 1. The zero-order chi connectivity index (χ0) is 35.3. The van der Waals surface area contributed by atoms with Gasteiger partial charge >= 0.3 is 0 Å². The zero-order valence-electron chi connectivity index (χ0n) is 30.0. The van der Waals surface area contributed by atoms with Gasteiger partial charge in [0.25, 0.3) is 0 Å². The normalized spacial score (nSPS) is 18.1. The summed E-state index contributed by atoms with van der Waals surface area (Å²) in [7, 11) is 0. The van der Waals surface area contributed by atoms with Crippen molar-refractivity contribution in [3.8, 4) is 28.9 Å². The smallest absolute Gasteiger partial charge is 0.231 e. The highest BCUT2D eigenvalue weighted by Gasteiger charge is 2.23. The van der Waals surface area contributed by atoms with E-state index in [4.69, 9.17) is 29.7 Å². The number of aromatic nitrogens is 1. The number of hydrogen-bond acceptors (Lipinski definition) is 9. The van der Waals surface area contributed by atoms with Gasteiger partial charge in [0.15, 0.2) is 17.3 Å². The van der Waals surface area contributed by atoms with Crippen LogP contribution in [0.1, 0.15) is 96.0 Å². The monoisotopic (exact) mass is 682 g/mol. The maximum absolute atomic E-state index is 9.05. The highest BCUT2D eigenvalue weighted by atomic mass is 32.2. The highest BCUT2D eigenvalue weighted by Crippen LogP contribution is 2.38. The molecule has 0 bridgehead atoms. The number of ether oxygens (including phenoxy) is 3. The largest absolute Gasteiger partial charge is 0.454 e. The van der Waals surface area contributed by atoms with Crippen molar-refractivity contribution in [2.75, 3.05) is 12.5 Å². The molecule has 2 atom stereocenters. The van der Waals surface area contributed by atoms with E-state index in [1.165, 1.54) is 6.42 Å². The molecule has 8 nitrogen and oxygen atoms in total. The molecule has 1 fully saturated rings. The summed E-state index contributed by atoms with van der Waals surface area (Å²) in [6.45, 7) is 14.6. The number of rotatable bonds is 12. The van der Waals surface area contributed by atoms with Gasteiger partial charge in [-0.3, -0.25) is 4.99 Å². The lowest BCUT2D eigenvalue weighted by atomic mass is 9.90. The van der Waals surface area contributed by atoms with Crippen molar-refractivity contribution in [3.63, 3.8) is 0 Å². The van der Waals surface area contributed by atoms with Crippen LogP contribution in [0.2, 0.25) is 0 Å². The van der Waals surface area contributed by atoms with Crippen molar-refractivity contribution < 1.29 is 18.7 Å². The molecule has 2 N–H and O–H groups in total. The fourth-order valence-electron chi connectivity index (χ4n) is 5.70. The van der Waals surface area contributed by atoms with Crippen LogP contribution in [-0.4, -0.2) is 36.1 Å². The first kappa shape index (κ1) is 37.6. The summed E-state index contributed by atoms with van der Waals surface area (Å²) in [6.07, 6.45) is 10.0. The van der Waals surface area contributed by atoms with Gasteiger partial charge < -0.3 is 24.5 Å². The van der Waals surface area contributed by atoms with Gasteiger partial charge in [-0.15, -0.1) is 0 Å². The van der Waals surface area contributed by atoms with Gasteiger partial charge in [0.2, 0.25) is 6.79 Å². The predicted molar refractivity (Wildman–Crippen MR) is 201 cm³/mol. The molecule has 3 aromatic rings. The lowest BCUT2D eigenvalue weighted by molar-refractivity contribution is 0.0700. The van der Waals surface area contributed by atoms with Crippen LogP contribution in [0.3, 0.4) is 0 Å². The second-order valence-electron chi connectivity index (χ2n) is 12.3. The number of nitrogens with two attached hydrogens (primary N) is 1. The number of unbranched alkanes of at least 4 members (excludes halogenated alkanes) is 1. The quantitative estimate of drug-likeness (QED) is 0.148. The average molecular weight is 683 g/mol. The summed E-state index contributed by atoms with van der Waals surface area (Å²) in [6, 6.07) is 15.7. The molecule has 1 aromatic heterocycles. The molecule has 0 saturated carbocycles. The Morgan fingerprint density at radius 2 is 1.86 bits per heavy atom. The van der Waals surface area contributed by atoms with Gasteiger partial charge in [-0.05, 0) is 107 Å². The van der Waals surface area contributed by atoms with E-state index in [-0.39, 0.29) is 6.79 Å². The van der Waals surface area contributed by atoms with Crippen LogP contribution in [0.25, 0.3) is 16.9 Å². The molecule has 2 unspecified atom stereocenters. The molecule has 0 aliphatic carbocycles. The maximum Gasteiger partial charge on any atom is 0.231 e. The molecule has 0 amide bonds. The van der Waals surface area contributed by atoms with Gasteiger partial charge in [0.1, 0.15) is 0 Å². The van der Waals surface area contributed by atoms with Crippen molar-refractivity contribution in [2.45, 2.75) is 98.5 Å². The van der Waals surface area contributed by atoms with Crippen molar-refractivity contribution >= 4 is 23.5 Å². The standard InChI is InChI=1S/C22H29N3.C18H21NO4S/c1-6-9-10-20(19-13-11-18(15-23)12-14-19)21(17(5)25-8-3)22(24)16(4)7-2;1-11-3-5-14(22-11)8-24-9-15-12(2)19-23-18(15)13-4-6-16-17(7-13)21-10-20-16/h8,10-14H,6-7,9,24H2,1-5H3;4,6-7,11,14H,3,5,8-10H2,1-2H3/b20-10-,21-17-,22-16-,25-8?;. The number of allylic oxidation sites excluding steroid dienone is 4. The topological polar surface area (TPSA) is 116 Å². The minimum atomic E-state index is 0.275. The summed E-state index contributed by atoms with van der Waals surface area (Å²) in [5.41, 5.74) is 16.2. The fraction of sp³-hybridized carbons (Fsp3) is 0.425. The molecule has 3 heterocycles. The van der Waals surface area contributed by atoms with E-state index in [0.717, 1.165) is 105 Å². The van der Waals surface area contributed by atoms with Crippen LogP contribution in [-0.2, 0) is 10.5 Å². The molecule has 2 aromatic carbocycles. The van der Waals surface area contributed by atoms with Gasteiger partial charge in [0.05, 0.1) is 29.5 Å². The van der Waals surface area contributed by atoms with Crippen molar-refractivity contribution in [2.24, 2.45) is 10.7 Å². The lowest BCUT2D eigenvalue weighted by Crippen LogP contribution is -2.11. The second-order valence-corrected chi connectivity index (χ2v) is 13.3. The zero-order valence-corrected chi connectivity index (χ0v) is 30.8. The Bertz CT molecular complexity index is 1730. The fourth-order valence-corrected chi connectivity index (χ4v) is 6.87. The molecule has 9 heteroatoms. The number of nitriles is 1. The summed E-state index contributed by atoms with van der Waals surface area (Å²) < 4.78 is 22.3. The van der Waals surface area contributed by atoms with E-state index in [1.54, 1.807) is 6.21 Å². The SMILES string of the molecule is CC=N/C(C)=C(C(=C\CCC)/c1ccc(C#N)cc1)\C(N)=C(/C)CC.Cc1noc(-c2ccc3c(c2)OCO3)c1CSCC1CCC(C)O1. The number of hydrogen-bond donors (Lipinski definition) is 1. The van der Waals surface area contributed by atoms with Crippen LogP contribution >= 0.6 is 11.8 Å². The van der Waals surface area contributed by atoms with E-state index in [9.17, 15) is 0 Å². The number of fused-ring (bicyclic) bond motifs is 1. The average Bonchev–Trinajstić information content (AvgIpc) is 3.86. The molecule has 0 radical (unpaired) electrons. The van der Waals surface area contributed by atoms with Gasteiger partial charge in [-0.1, -0.05) is 43.6 Å². The molecule has 260 valence electrons. The first-order valence-corrected chi connectivity index (χ1v) is 18.3. The molecule has 49 heavy (non-hydrogen) atoms. The summed E-state index contributed by atoms with van der Waals surface area (Å²) >= 11 is 1.88. The molecule has 5 rings (SSSR count). The molecule has 1 saturated heterocycles. The number of benzene rings is 2. The Balaban J connectivity index is 0.000000221. The van der Waals surface area contributed by atoms with Crippen LogP contribution in [0.4, 0.5) is 0 Å². The van der Waals surface area contributed by atoms with E-state index >= 15 is 0 Å². The first-order chi connectivity index (χ1) is 23.7. The van der Waals surface area contributed by atoms with Gasteiger partial charge in [0, 0.05) is 45.8 Å². The summed E-state index contributed by atoms with van der Waals surface area (Å²) in [5.74, 6) is 4.23. The Kier molecular flexibility index (Phi) is 14.2. The highest BCUT2D eigenvalue weighted by molar-refractivity contribution is 7.98. The Hall–Kier alpha value is -4.26. The molecule has 0 spiro atoms. The summed E-state index contributed by atoms with van der Waals surface area (Å²) in [4.78, 5) is 4.50. The molecular formula is C40H50N4O4S.